The lowest BCUT2D eigenvalue weighted by Gasteiger charge is -2.24. The van der Waals surface area contributed by atoms with Crippen LogP contribution in [0.3, 0.4) is 0 Å². The summed E-state index contributed by atoms with van der Waals surface area (Å²) in [6, 6.07) is 14.5. The molecule has 0 fully saturated rings. The predicted molar refractivity (Wildman–Crippen MR) is 154 cm³/mol. The highest BCUT2D eigenvalue weighted by Gasteiger charge is 2.41. The first-order valence-electron chi connectivity index (χ1n) is 13.1. The molecular weight excluding hydrogens is 608 g/mol. The first-order chi connectivity index (χ1) is 21.9. The monoisotopic (exact) mass is 634 g/mol. The third kappa shape index (κ3) is 8.57. The highest BCUT2D eigenvalue weighted by atomic mass is 16.6. The summed E-state index contributed by atoms with van der Waals surface area (Å²) in [5, 5.41) is 21.8. The second kappa shape index (κ2) is 15.3. The lowest BCUT2D eigenvalue weighted by Crippen LogP contribution is -2.48. The second-order valence-corrected chi connectivity index (χ2v) is 9.06. The number of methoxy groups -OCH3 is 2. The largest absolute Gasteiger partial charge is 0.493 e. The fraction of sp³-hybridized carbons (Fsp3) is 0.194. The Hall–Kier alpha value is -6.43. The number of hydrogen-bond donors (Lipinski definition) is 2. The third-order valence-electron chi connectivity index (χ3n) is 5.86. The van der Waals surface area contributed by atoms with Crippen molar-refractivity contribution in [2.45, 2.75) is 26.1 Å². The van der Waals surface area contributed by atoms with Crippen LogP contribution in [0.1, 0.15) is 40.1 Å². The summed E-state index contributed by atoms with van der Waals surface area (Å²) < 4.78 is 30.7. The molecule has 0 unspecified atom stereocenters. The van der Waals surface area contributed by atoms with Gasteiger partial charge in [0.1, 0.15) is 6.07 Å². The lowest BCUT2D eigenvalue weighted by molar-refractivity contribution is -0.157. The van der Waals surface area contributed by atoms with Gasteiger partial charge in [0.2, 0.25) is 12.2 Å². The summed E-state index contributed by atoms with van der Waals surface area (Å²) in [6.07, 6.45) is -4.74. The smallest absolute Gasteiger partial charge is 0.349 e. The van der Waals surface area contributed by atoms with Gasteiger partial charge < -0.3 is 38.8 Å². The molecule has 0 aliphatic rings. The number of carboxylic acid groups (broad SMARTS) is 1. The van der Waals surface area contributed by atoms with E-state index in [1.54, 1.807) is 0 Å². The molecule has 0 aliphatic heterocycles. The van der Waals surface area contributed by atoms with Gasteiger partial charge in [0, 0.05) is 13.8 Å². The fourth-order valence-corrected chi connectivity index (χ4v) is 3.82. The zero-order valence-corrected chi connectivity index (χ0v) is 24.7. The van der Waals surface area contributed by atoms with Gasteiger partial charge in [-0.25, -0.2) is 14.4 Å². The van der Waals surface area contributed by atoms with Crippen LogP contribution < -0.4 is 24.3 Å². The number of amides is 1. The maximum absolute atomic E-state index is 13.5. The molecule has 0 aromatic heterocycles. The number of aliphatic carboxylic acids is 1. The van der Waals surface area contributed by atoms with Gasteiger partial charge in [-0.05, 0) is 48.5 Å². The van der Waals surface area contributed by atoms with Gasteiger partial charge in [0.25, 0.3) is 5.91 Å². The molecule has 2 atom stereocenters. The molecule has 3 aromatic carbocycles. The predicted octanol–water partition coefficient (Wildman–Crippen LogP) is 2.90. The zero-order valence-electron chi connectivity index (χ0n) is 24.7. The summed E-state index contributed by atoms with van der Waals surface area (Å²) in [4.78, 5) is 74.9. The molecule has 3 rings (SSSR count). The second-order valence-electron chi connectivity index (χ2n) is 9.06. The van der Waals surface area contributed by atoms with Gasteiger partial charge in [0.05, 0.1) is 36.6 Å². The number of carbonyl (C=O) groups is 6. The van der Waals surface area contributed by atoms with Crippen LogP contribution in [0.5, 0.6) is 23.0 Å². The number of nitrogens with one attached hydrogen (secondary N) is 1. The number of ether oxygens (including phenoxy) is 6. The van der Waals surface area contributed by atoms with E-state index in [1.165, 1.54) is 50.6 Å². The number of para-hydroxylation sites is 1. The summed E-state index contributed by atoms with van der Waals surface area (Å²) >= 11 is 0. The van der Waals surface area contributed by atoms with E-state index in [0.29, 0.717) is 0 Å². The maximum atomic E-state index is 13.5. The first-order valence-corrected chi connectivity index (χ1v) is 13.1. The van der Waals surface area contributed by atoms with Gasteiger partial charge in [-0.3, -0.25) is 14.4 Å². The Labute approximate surface area is 261 Å². The standard InChI is InChI=1S/C31H26N2O13/c1-16(34)43-22-11-9-18(13-24(22)41-3)30(39)45-26(28(36)33-21-8-6-5-7-20(21)15-32)27(29(37)38)46-31(40)19-10-12-23(44-17(2)35)25(14-19)42-4/h5-14,26-27H,1-4H3,(H,33,36)(H,37,38)/t26-,27+/m0/s1. The van der Waals surface area contributed by atoms with Gasteiger partial charge >= 0.3 is 29.8 Å². The van der Waals surface area contributed by atoms with E-state index in [1.807, 2.05) is 6.07 Å². The van der Waals surface area contributed by atoms with Gasteiger partial charge in [0.15, 0.2) is 23.0 Å². The average molecular weight is 635 g/mol. The molecule has 0 bridgehead atoms. The van der Waals surface area contributed by atoms with E-state index >= 15 is 0 Å². The number of rotatable bonds is 12. The molecule has 3 aromatic rings. The van der Waals surface area contributed by atoms with E-state index in [0.717, 1.165) is 38.1 Å². The molecular formula is C31H26N2O13. The number of carbonyl (C=O) groups excluding carboxylic acids is 5. The lowest BCUT2D eigenvalue weighted by atomic mass is 10.1. The van der Waals surface area contributed by atoms with E-state index in [9.17, 15) is 39.1 Å². The van der Waals surface area contributed by atoms with E-state index in [2.05, 4.69) is 5.32 Å². The van der Waals surface area contributed by atoms with Crippen molar-refractivity contribution >= 4 is 41.4 Å². The number of nitriles is 1. The normalized spacial score (nSPS) is 11.5. The molecule has 2 N–H and O–H groups in total. The Kier molecular flexibility index (Phi) is 11.4. The van der Waals surface area contributed by atoms with Crippen LogP contribution in [0, 0.1) is 11.3 Å². The molecule has 238 valence electrons. The fourth-order valence-electron chi connectivity index (χ4n) is 3.82. The number of hydrogen-bond acceptors (Lipinski definition) is 13. The Morgan fingerprint density at radius 1 is 0.717 bits per heavy atom. The highest BCUT2D eigenvalue weighted by molar-refractivity contribution is 6.02. The minimum Gasteiger partial charge on any atom is -0.493 e. The van der Waals surface area contributed by atoms with Gasteiger partial charge in [-0.15, -0.1) is 0 Å². The van der Waals surface area contributed by atoms with Crippen LogP contribution >= 0.6 is 0 Å². The molecule has 0 aliphatic carbocycles. The summed E-state index contributed by atoms with van der Waals surface area (Å²) in [7, 11) is 2.46. The first kappa shape index (κ1) is 34.1. The van der Waals surface area contributed by atoms with Crippen molar-refractivity contribution in [2.75, 3.05) is 19.5 Å². The number of carboxylic acids is 1. The number of esters is 4. The van der Waals surface area contributed by atoms with Crippen LogP contribution in [-0.2, 0) is 28.7 Å². The molecule has 15 nitrogen and oxygen atoms in total. The highest BCUT2D eigenvalue weighted by Crippen LogP contribution is 2.30. The molecule has 46 heavy (non-hydrogen) atoms. The maximum Gasteiger partial charge on any atom is 0.349 e. The Morgan fingerprint density at radius 3 is 1.63 bits per heavy atom. The summed E-state index contributed by atoms with van der Waals surface area (Å²) in [5.41, 5.74) is -0.588. The molecule has 0 spiro atoms. The molecule has 0 heterocycles. The van der Waals surface area contributed by atoms with Crippen LogP contribution in [0.25, 0.3) is 0 Å². The van der Waals surface area contributed by atoms with Crippen LogP contribution in [0.2, 0.25) is 0 Å². The van der Waals surface area contributed by atoms with Crippen LogP contribution in [0.15, 0.2) is 60.7 Å². The van der Waals surface area contributed by atoms with Crippen LogP contribution in [-0.4, -0.2) is 67.3 Å². The molecule has 0 radical (unpaired) electrons. The van der Waals surface area contributed by atoms with Crippen molar-refractivity contribution < 1.29 is 62.3 Å². The molecule has 0 saturated carbocycles. The Bertz CT molecular complexity index is 1730. The summed E-state index contributed by atoms with van der Waals surface area (Å²) in [5.74, 6) is -7.24. The van der Waals surface area contributed by atoms with Crippen molar-refractivity contribution in [1.29, 1.82) is 5.26 Å². The molecule has 15 heteroatoms. The quantitative estimate of drug-likeness (QED) is 0.217. The van der Waals surface area contributed by atoms with Gasteiger partial charge in [-0.1, -0.05) is 12.1 Å². The van der Waals surface area contributed by atoms with Crippen molar-refractivity contribution in [2.24, 2.45) is 0 Å². The van der Waals surface area contributed by atoms with Crippen molar-refractivity contribution in [3.8, 4) is 29.1 Å². The van der Waals surface area contributed by atoms with Gasteiger partial charge in [-0.2, -0.15) is 5.26 Å². The number of benzene rings is 3. The van der Waals surface area contributed by atoms with Crippen molar-refractivity contribution in [1.82, 2.24) is 0 Å². The van der Waals surface area contributed by atoms with Crippen molar-refractivity contribution in [3.05, 3.63) is 77.4 Å². The van der Waals surface area contributed by atoms with Crippen molar-refractivity contribution in [3.63, 3.8) is 0 Å². The number of nitrogens with zero attached hydrogens (tertiary/aromatic N) is 1. The van der Waals surface area contributed by atoms with E-state index in [-0.39, 0.29) is 45.4 Å². The third-order valence-corrected chi connectivity index (χ3v) is 5.86. The minimum atomic E-state index is -2.42. The SMILES string of the molecule is COc1cc(C(=O)O[C@H](C(=O)Nc2ccccc2C#N)[C@@H](OC(=O)c2ccc(OC(C)=O)c(OC)c2)C(=O)O)ccc1OC(C)=O. The Balaban J connectivity index is 2.00. The molecule has 1 amide bonds. The zero-order chi connectivity index (χ0) is 34.0. The topological polar surface area (TPSA) is 214 Å². The minimum absolute atomic E-state index is 0.00411. The van der Waals surface area contributed by atoms with Crippen LogP contribution in [0.4, 0.5) is 5.69 Å². The summed E-state index contributed by atoms with van der Waals surface area (Å²) in [6.45, 7) is 2.29. The number of anilines is 1. The molecule has 0 saturated heterocycles. The van der Waals surface area contributed by atoms with E-state index < -0.39 is 48.0 Å². The average Bonchev–Trinajstić information content (AvgIpc) is 3.02. The Morgan fingerprint density at radius 2 is 1.20 bits per heavy atom. The van der Waals surface area contributed by atoms with E-state index in [4.69, 9.17) is 28.4 Å².